The number of rotatable bonds is 1. The van der Waals surface area contributed by atoms with E-state index in [0.717, 1.165) is 0 Å². The quantitative estimate of drug-likeness (QED) is 0.542. The van der Waals surface area contributed by atoms with E-state index in [1.807, 2.05) is 0 Å². The topological polar surface area (TPSA) is 37.4 Å². The van der Waals surface area contributed by atoms with Gasteiger partial charge in [0.25, 0.3) is 0 Å². The maximum atomic E-state index is 11.7. The predicted octanol–water partition coefficient (Wildman–Crippen LogP) is 0.206. The number of amides is 1. The summed E-state index contributed by atoms with van der Waals surface area (Å²) in [4.78, 5) is 21.0. The Morgan fingerprint density at radius 1 is 1.42 bits per heavy atom. The van der Waals surface area contributed by atoms with Crippen molar-refractivity contribution in [3.8, 4) is 0 Å². The smallest absolute Gasteiger partial charge is 0.333 e. The molecule has 3 nitrogen and oxygen atoms in total. The van der Waals surface area contributed by atoms with Gasteiger partial charge < -0.3 is 9.69 Å². The number of alkyl halides is 3. The predicted molar refractivity (Wildman–Crippen MR) is 32.2 cm³/mol. The Morgan fingerprint density at radius 3 is 2.25 bits per heavy atom. The van der Waals surface area contributed by atoms with Gasteiger partial charge in [-0.05, 0) is 0 Å². The summed E-state index contributed by atoms with van der Waals surface area (Å²) in [5, 5.41) is 0. The van der Waals surface area contributed by atoms with Crippen LogP contribution in [0.1, 0.15) is 0 Å². The minimum atomic E-state index is -4.81. The fraction of sp³-hybridized carbons (Fsp3) is 0.667. The summed E-state index contributed by atoms with van der Waals surface area (Å²) in [6, 6.07) is 0. The van der Waals surface area contributed by atoms with Gasteiger partial charge in [-0.3, -0.25) is 4.79 Å². The average molecular weight is 181 g/mol. The highest BCUT2D eigenvalue weighted by Gasteiger charge is 2.46. The molecule has 0 radical (unpaired) electrons. The molecule has 1 aliphatic heterocycles. The van der Waals surface area contributed by atoms with E-state index in [1.165, 1.54) is 0 Å². The third-order valence-corrected chi connectivity index (χ3v) is 1.63. The van der Waals surface area contributed by atoms with Crippen LogP contribution in [0.25, 0.3) is 0 Å². The molecule has 0 N–H and O–H groups in total. The molecule has 0 aliphatic carbocycles. The van der Waals surface area contributed by atoms with Gasteiger partial charge in [0.05, 0.1) is 0 Å². The summed E-state index contributed by atoms with van der Waals surface area (Å²) < 4.78 is 35.0. The fourth-order valence-electron chi connectivity index (χ4n) is 0.944. The van der Waals surface area contributed by atoms with Crippen LogP contribution in [0.3, 0.4) is 0 Å². The van der Waals surface area contributed by atoms with Crippen LogP contribution in [0, 0.1) is 5.92 Å². The number of nitrogens with zero attached hydrogens (tertiary/aromatic N) is 1. The highest BCUT2D eigenvalue weighted by Crippen LogP contribution is 2.23. The third-order valence-electron chi connectivity index (χ3n) is 1.63. The first-order chi connectivity index (χ1) is 5.45. The lowest BCUT2D eigenvalue weighted by Crippen LogP contribution is -2.54. The van der Waals surface area contributed by atoms with E-state index in [-0.39, 0.29) is 13.1 Å². The normalized spacial score (nSPS) is 18.8. The standard InChI is InChI=1S/C6H6F3NO2/c7-6(8,9)5(12)10-1-4(2-10)3-11/h3-4H,1-2H2. The summed E-state index contributed by atoms with van der Waals surface area (Å²) in [6.45, 7) is -0.219. The van der Waals surface area contributed by atoms with Gasteiger partial charge >= 0.3 is 12.1 Å². The molecule has 1 rings (SSSR count). The Hall–Kier alpha value is -1.07. The first-order valence-electron chi connectivity index (χ1n) is 3.26. The van der Waals surface area contributed by atoms with Crippen LogP contribution < -0.4 is 0 Å². The van der Waals surface area contributed by atoms with Gasteiger partial charge in [-0.2, -0.15) is 13.2 Å². The SMILES string of the molecule is O=CC1CN(C(=O)C(F)(F)F)C1. The summed E-state index contributed by atoms with van der Waals surface area (Å²) in [6.07, 6.45) is -4.26. The van der Waals surface area contributed by atoms with E-state index in [9.17, 15) is 22.8 Å². The molecular formula is C6H6F3NO2. The highest BCUT2D eigenvalue weighted by molar-refractivity contribution is 5.83. The summed E-state index contributed by atoms with van der Waals surface area (Å²) in [7, 11) is 0. The largest absolute Gasteiger partial charge is 0.471 e. The minimum absolute atomic E-state index is 0.109. The lowest BCUT2D eigenvalue weighted by atomic mass is 10.0. The van der Waals surface area contributed by atoms with Crippen LogP contribution in [-0.4, -0.2) is 36.4 Å². The van der Waals surface area contributed by atoms with Crippen LogP contribution >= 0.6 is 0 Å². The van der Waals surface area contributed by atoms with Crippen molar-refractivity contribution in [1.29, 1.82) is 0 Å². The Bertz CT molecular complexity index is 207. The molecule has 1 saturated heterocycles. The molecule has 0 aromatic heterocycles. The highest BCUT2D eigenvalue weighted by atomic mass is 19.4. The molecule has 1 aliphatic rings. The van der Waals surface area contributed by atoms with E-state index >= 15 is 0 Å². The second kappa shape index (κ2) is 2.76. The maximum Gasteiger partial charge on any atom is 0.471 e. The zero-order valence-corrected chi connectivity index (χ0v) is 5.97. The molecule has 68 valence electrons. The summed E-state index contributed by atoms with van der Waals surface area (Å²) in [5.74, 6) is -2.28. The van der Waals surface area contributed by atoms with Crippen molar-refractivity contribution < 1.29 is 22.8 Å². The van der Waals surface area contributed by atoms with Gasteiger partial charge in [0, 0.05) is 19.0 Å². The van der Waals surface area contributed by atoms with Crippen molar-refractivity contribution in [2.24, 2.45) is 5.92 Å². The van der Waals surface area contributed by atoms with Crippen molar-refractivity contribution in [3.05, 3.63) is 0 Å². The molecular weight excluding hydrogens is 175 g/mol. The molecule has 0 saturated carbocycles. The molecule has 12 heavy (non-hydrogen) atoms. The van der Waals surface area contributed by atoms with Gasteiger partial charge in [0.1, 0.15) is 6.29 Å². The van der Waals surface area contributed by atoms with Crippen molar-refractivity contribution in [2.45, 2.75) is 6.18 Å². The molecule has 0 aromatic carbocycles. The summed E-state index contributed by atoms with van der Waals surface area (Å²) >= 11 is 0. The van der Waals surface area contributed by atoms with Crippen molar-refractivity contribution in [1.82, 2.24) is 4.90 Å². The number of carbonyl (C=O) groups excluding carboxylic acids is 2. The van der Waals surface area contributed by atoms with E-state index in [0.29, 0.717) is 11.2 Å². The Labute approximate surface area is 66.1 Å². The van der Waals surface area contributed by atoms with Gasteiger partial charge in [-0.1, -0.05) is 0 Å². The van der Waals surface area contributed by atoms with Gasteiger partial charge in [0.2, 0.25) is 0 Å². The van der Waals surface area contributed by atoms with Crippen molar-refractivity contribution >= 4 is 12.2 Å². The van der Waals surface area contributed by atoms with Crippen LogP contribution in [-0.2, 0) is 9.59 Å². The van der Waals surface area contributed by atoms with E-state index < -0.39 is 18.0 Å². The minimum Gasteiger partial charge on any atom is -0.333 e. The van der Waals surface area contributed by atoms with Crippen molar-refractivity contribution in [3.63, 3.8) is 0 Å². The molecule has 0 unspecified atom stereocenters. The number of carbonyl (C=O) groups is 2. The Kier molecular flexibility index (Phi) is 2.08. The average Bonchev–Trinajstić information content (AvgIpc) is 1.83. The number of halogens is 3. The maximum absolute atomic E-state index is 11.7. The molecule has 0 aromatic rings. The first kappa shape index (κ1) is 9.02. The zero-order chi connectivity index (χ0) is 9.35. The molecule has 1 heterocycles. The second-order valence-corrected chi connectivity index (χ2v) is 2.60. The number of hydrogen-bond donors (Lipinski definition) is 0. The van der Waals surface area contributed by atoms with Crippen LogP contribution in [0.2, 0.25) is 0 Å². The molecule has 0 bridgehead atoms. The fourth-order valence-corrected chi connectivity index (χ4v) is 0.944. The summed E-state index contributed by atoms with van der Waals surface area (Å²) in [5.41, 5.74) is 0. The molecule has 0 atom stereocenters. The van der Waals surface area contributed by atoms with Gasteiger partial charge in [-0.15, -0.1) is 0 Å². The molecule has 0 spiro atoms. The van der Waals surface area contributed by atoms with Crippen LogP contribution in [0.15, 0.2) is 0 Å². The number of hydrogen-bond acceptors (Lipinski definition) is 2. The van der Waals surface area contributed by atoms with Crippen LogP contribution in [0.4, 0.5) is 13.2 Å². The third kappa shape index (κ3) is 1.57. The second-order valence-electron chi connectivity index (χ2n) is 2.60. The Morgan fingerprint density at radius 2 is 1.92 bits per heavy atom. The van der Waals surface area contributed by atoms with Crippen molar-refractivity contribution in [2.75, 3.05) is 13.1 Å². The lowest BCUT2D eigenvalue weighted by Gasteiger charge is -2.36. The lowest BCUT2D eigenvalue weighted by molar-refractivity contribution is -0.191. The monoisotopic (exact) mass is 181 g/mol. The molecule has 6 heteroatoms. The van der Waals surface area contributed by atoms with E-state index in [4.69, 9.17) is 0 Å². The van der Waals surface area contributed by atoms with Crippen LogP contribution in [0.5, 0.6) is 0 Å². The number of likely N-dealkylation sites (tertiary alicyclic amines) is 1. The van der Waals surface area contributed by atoms with E-state index in [2.05, 4.69) is 0 Å². The Balaban J connectivity index is 2.43. The first-order valence-corrected chi connectivity index (χ1v) is 3.26. The molecule has 1 amide bonds. The number of aldehydes is 1. The zero-order valence-electron chi connectivity index (χ0n) is 5.97. The molecule has 1 fully saturated rings. The van der Waals surface area contributed by atoms with Gasteiger partial charge in [0.15, 0.2) is 0 Å². The van der Waals surface area contributed by atoms with Gasteiger partial charge in [-0.25, -0.2) is 0 Å². The van der Waals surface area contributed by atoms with E-state index in [1.54, 1.807) is 0 Å².